The standard InChI is InChI=1S/C16H24N2S/c1-11-6-7-13(8-12(11)2)18-15-17-10-14(19-15)9-16(3,4)5/h6-8,14H,9-10H2,1-5H3,(H,17,18). The predicted octanol–water partition coefficient (Wildman–Crippen LogP) is 4.62. The van der Waals surface area contributed by atoms with Crippen molar-refractivity contribution in [3.63, 3.8) is 0 Å². The molecule has 3 heteroatoms. The van der Waals surface area contributed by atoms with Gasteiger partial charge in [-0.25, -0.2) is 0 Å². The first-order chi connectivity index (χ1) is 8.83. The van der Waals surface area contributed by atoms with Crippen LogP contribution in [0.2, 0.25) is 0 Å². The van der Waals surface area contributed by atoms with Crippen molar-refractivity contribution in [1.29, 1.82) is 0 Å². The molecule has 1 unspecified atom stereocenters. The molecule has 19 heavy (non-hydrogen) atoms. The number of amidine groups is 1. The molecule has 2 rings (SSSR count). The number of hydrogen-bond acceptors (Lipinski definition) is 3. The zero-order valence-electron chi connectivity index (χ0n) is 12.6. The summed E-state index contributed by atoms with van der Waals surface area (Å²) >= 11 is 1.88. The van der Waals surface area contributed by atoms with Crippen molar-refractivity contribution in [2.24, 2.45) is 10.4 Å². The minimum Gasteiger partial charge on any atom is -0.335 e. The minimum atomic E-state index is 0.378. The average molecular weight is 276 g/mol. The molecule has 0 aromatic heterocycles. The van der Waals surface area contributed by atoms with Gasteiger partial charge in [-0.3, -0.25) is 4.99 Å². The molecule has 0 bridgehead atoms. The first kappa shape index (κ1) is 14.4. The van der Waals surface area contributed by atoms with Gasteiger partial charge in [-0.1, -0.05) is 38.6 Å². The Morgan fingerprint density at radius 2 is 2.00 bits per heavy atom. The van der Waals surface area contributed by atoms with Crippen LogP contribution in [0.1, 0.15) is 38.3 Å². The zero-order chi connectivity index (χ0) is 14.0. The van der Waals surface area contributed by atoms with Gasteiger partial charge in [0.2, 0.25) is 0 Å². The van der Waals surface area contributed by atoms with Gasteiger partial charge in [-0.05, 0) is 48.9 Å². The Labute approximate surface area is 121 Å². The van der Waals surface area contributed by atoms with E-state index in [-0.39, 0.29) is 0 Å². The smallest absolute Gasteiger partial charge is 0.161 e. The Bertz CT molecular complexity index is 486. The number of nitrogens with one attached hydrogen (secondary N) is 1. The second-order valence-electron chi connectivity index (χ2n) is 6.57. The fourth-order valence-corrected chi connectivity index (χ4v) is 3.59. The van der Waals surface area contributed by atoms with Crippen LogP contribution in [0.15, 0.2) is 23.2 Å². The highest BCUT2D eigenvalue weighted by Crippen LogP contribution is 2.32. The minimum absolute atomic E-state index is 0.378. The van der Waals surface area contributed by atoms with Crippen molar-refractivity contribution in [2.75, 3.05) is 11.9 Å². The SMILES string of the molecule is Cc1ccc(NC2=NCC(CC(C)(C)C)S2)cc1C. The topological polar surface area (TPSA) is 24.4 Å². The van der Waals surface area contributed by atoms with Crippen molar-refractivity contribution in [3.8, 4) is 0 Å². The molecule has 104 valence electrons. The molecule has 1 aromatic rings. The fourth-order valence-electron chi connectivity index (χ4n) is 2.22. The molecule has 1 aromatic carbocycles. The van der Waals surface area contributed by atoms with Crippen molar-refractivity contribution in [3.05, 3.63) is 29.3 Å². The summed E-state index contributed by atoms with van der Waals surface area (Å²) in [6, 6.07) is 6.47. The van der Waals surface area contributed by atoms with E-state index in [0.29, 0.717) is 10.7 Å². The summed E-state index contributed by atoms with van der Waals surface area (Å²) in [5.41, 5.74) is 4.17. The molecule has 2 nitrogen and oxygen atoms in total. The van der Waals surface area contributed by atoms with Crippen molar-refractivity contribution in [1.82, 2.24) is 0 Å². The molecule has 1 atom stereocenters. The molecule has 0 saturated carbocycles. The number of hydrogen-bond donors (Lipinski definition) is 1. The highest BCUT2D eigenvalue weighted by molar-refractivity contribution is 8.15. The summed E-state index contributed by atoms with van der Waals surface area (Å²) in [5, 5.41) is 5.12. The van der Waals surface area contributed by atoms with Crippen LogP contribution < -0.4 is 5.32 Å². The van der Waals surface area contributed by atoms with E-state index >= 15 is 0 Å². The number of aliphatic imine (C=N–C) groups is 1. The van der Waals surface area contributed by atoms with E-state index in [1.807, 2.05) is 11.8 Å². The average Bonchev–Trinajstić information content (AvgIpc) is 2.68. The van der Waals surface area contributed by atoms with Gasteiger partial charge in [-0.2, -0.15) is 0 Å². The summed E-state index contributed by atoms with van der Waals surface area (Å²) < 4.78 is 0. The molecule has 0 radical (unpaired) electrons. The summed E-state index contributed by atoms with van der Waals surface area (Å²) in [7, 11) is 0. The van der Waals surface area contributed by atoms with E-state index in [4.69, 9.17) is 0 Å². The molecule has 0 amide bonds. The maximum Gasteiger partial charge on any atom is 0.161 e. The van der Waals surface area contributed by atoms with Gasteiger partial charge in [0.05, 0.1) is 6.54 Å². The van der Waals surface area contributed by atoms with Crippen LogP contribution in [-0.2, 0) is 0 Å². The van der Waals surface area contributed by atoms with Gasteiger partial charge in [0.25, 0.3) is 0 Å². The van der Waals surface area contributed by atoms with Gasteiger partial charge in [-0.15, -0.1) is 0 Å². The number of rotatable bonds is 2. The molecule has 0 aliphatic carbocycles. The zero-order valence-corrected chi connectivity index (χ0v) is 13.4. The second kappa shape index (κ2) is 5.58. The number of nitrogens with zero attached hydrogens (tertiary/aromatic N) is 1. The maximum atomic E-state index is 4.62. The lowest BCUT2D eigenvalue weighted by Crippen LogP contribution is -2.16. The molecule has 1 aliphatic heterocycles. The van der Waals surface area contributed by atoms with Gasteiger partial charge < -0.3 is 5.32 Å². The number of thioether (sulfide) groups is 1. The molecule has 1 N–H and O–H groups in total. The fraction of sp³-hybridized carbons (Fsp3) is 0.562. The van der Waals surface area contributed by atoms with Crippen molar-refractivity contribution in [2.45, 2.75) is 46.3 Å². The summed E-state index contributed by atoms with van der Waals surface area (Å²) in [5.74, 6) is 0. The highest BCUT2D eigenvalue weighted by atomic mass is 32.2. The van der Waals surface area contributed by atoms with Crippen LogP contribution in [0.5, 0.6) is 0 Å². The van der Waals surface area contributed by atoms with Crippen molar-refractivity contribution >= 4 is 22.6 Å². The Kier molecular flexibility index (Phi) is 4.24. The molecule has 0 spiro atoms. The van der Waals surface area contributed by atoms with Crippen LogP contribution in [0.4, 0.5) is 5.69 Å². The third-order valence-electron chi connectivity index (χ3n) is 3.32. The molecular weight excluding hydrogens is 252 g/mol. The monoisotopic (exact) mass is 276 g/mol. The molecule has 1 heterocycles. The Morgan fingerprint density at radius 3 is 2.63 bits per heavy atom. The summed E-state index contributed by atoms with van der Waals surface area (Å²) in [4.78, 5) is 4.62. The van der Waals surface area contributed by atoms with Gasteiger partial charge in [0.1, 0.15) is 0 Å². The van der Waals surface area contributed by atoms with E-state index in [1.54, 1.807) is 0 Å². The first-order valence-corrected chi connectivity index (χ1v) is 7.77. The van der Waals surface area contributed by atoms with Crippen LogP contribution in [-0.4, -0.2) is 17.0 Å². The maximum absolute atomic E-state index is 4.62. The summed E-state index contributed by atoms with van der Waals surface area (Å²) in [6.07, 6.45) is 1.21. The van der Waals surface area contributed by atoms with E-state index in [9.17, 15) is 0 Å². The predicted molar refractivity (Wildman–Crippen MR) is 87.3 cm³/mol. The van der Waals surface area contributed by atoms with Crippen LogP contribution in [0.3, 0.4) is 0 Å². The molecule has 0 saturated heterocycles. The first-order valence-electron chi connectivity index (χ1n) is 6.89. The number of aryl methyl sites for hydroxylation is 2. The molecular formula is C16H24N2S. The Hall–Kier alpha value is -0.960. The van der Waals surface area contributed by atoms with E-state index in [2.05, 4.69) is 63.1 Å². The van der Waals surface area contributed by atoms with Crippen LogP contribution >= 0.6 is 11.8 Å². The van der Waals surface area contributed by atoms with Crippen LogP contribution in [0, 0.1) is 19.3 Å². The van der Waals surface area contributed by atoms with Crippen molar-refractivity contribution < 1.29 is 0 Å². The third kappa shape index (κ3) is 4.27. The Morgan fingerprint density at radius 1 is 1.26 bits per heavy atom. The largest absolute Gasteiger partial charge is 0.335 e. The normalized spacial score (nSPS) is 19.4. The number of benzene rings is 1. The van der Waals surface area contributed by atoms with E-state index < -0.39 is 0 Å². The third-order valence-corrected chi connectivity index (χ3v) is 4.42. The van der Waals surface area contributed by atoms with Gasteiger partial charge >= 0.3 is 0 Å². The lowest BCUT2D eigenvalue weighted by molar-refractivity contribution is 0.375. The second-order valence-corrected chi connectivity index (χ2v) is 7.86. The molecule has 0 fully saturated rings. The van der Waals surface area contributed by atoms with Crippen LogP contribution in [0.25, 0.3) is 0 Å². The molecule has 1 aliphatic rings. The van der Waals surface area contributed by atoms with E-state index in [1.165, 1.54) is 17.5 Å². The Balaban J connectivity index is 1.93. The quantitative estimate of drug-likeness (QED) is 0.852. The number of anilines is 1. The lowest BCUT2D eigenvalue weighted by atomic mass is 9.90. The van der Waals surface area contributed by atoms with Gasteiger partial charge in [0.15, 0.2) is 5.17 Å². The highest BCUT2D eigenvalue weighted by Gasteiger charge is 2.24. The van der Waals surface area contributed by atoms with Gasteiger partial charge in [0, 0.05) is 10.9 Å². The van der Waals surface area contributed by atoms with E-state index in [0.717, 1.165) is 17.4 Å². The summed E-state index contributed by atoms with van der Waals surface area (Å²) in [6.45, 7) is 12.1. The lowest BCUT2D eigenvalue weighted by Gasteiger charge is -2.21.